The number of rotatable bonds is 1. The van der Waals surface area contributed by atoms with Gasteiger partial charge in [0, 0.05) is 6.07 Å². The molecular weight excluding hydrogens is 245 g/mol. The summed E-state index contributed by atoms with van der Waals surface area (Å²) >= 11 is 0. The van der Waals surface area contributed by atoms with Crippen LogP contribution in [0.25, 0.3) is 5.69 Å². The van der Waals surface area contributed by atoms with Crippen molar-refractivity contribution in [1.82, 2.24) is 4.57 Å². The van der Waals surface area contributed by atoms with Crippen LogP contribution in [0, 0.1) is 0 Å². The second kappa shape index (κ2) is 4.21. The van der Waals surface area contributed by atoms with Crippen LogP contribution in [0.4, 0.5) is 19.0 Å². The fourth-order valence-corrected chi connectivity index (χ4v) is 1.64. The number of benzene rings is 1. The summed E-state index contributed by atoms with van der Waals surface area (Å²) in [5.41, 5.74) is 4.12. The van der Waals surface area contributed by atoms with Gasteiger partial charge >= 0.3 is 6.18 Å². The van der Waals surface area contributed by atoms with Gasteiger partial charge in [-0.3, -0.25) is 9.36 Å². The highest BCUT2D eigenvalue weighted by Crippen LogP contribution is 2.33. The smallest absolute Gasteiger partial charge is 0.384 e. The molecule has 0 unspecified atom stereocenters. The van der Waals surface area contributed by atoms with Gasteiger partial charge in [0.1, 0.15) is 5.82 Å². The van der Waals surface area contributed by atoms with Crippen LogP contribution in [-0.4, -0.2) is 4.57 Å². The van der Waals surface area contributed by atoms with E-state index in [-0.39, 0.29) is 0 Å². The molecule has 1 aromatic heterocycles. The molecule has 0 amide bonds. The Hall–Kier alpha value is -2.24. The molecule has 0 saturated heterocycles. The van der Waals surface area contributed by atoms with Gasteiger partial charge in [0.2, 0.25) is 0 Å². The Morgan fingerprint density at radius 2 is 1.61 bits per heavy atom. The highest BCUT2D eigenvalue weighted by Gasteiger charge is 2.34. The normalized spacial score (nSPS) is 11.5. The van der Waals surface area contributed by atoms with Crippen molar-refractivity contribution in [2.24, 2.45) is 0 Å². The van der Waals surface area contributed by atoms with Crippen LogP contribution in [0.5, 0.6) is 0 Å². The third-order valence-electron chi connectivity index (χ3n) is 2.45. The molecule has 2 rings (SSSR count). The molecule has 0 spiro atoms. The molecular formula is C12H9F3N2O. The number of para-hydroxylation sites is 1. The van der Waals surface area contributed by atoms with Crippen molar-refractivity contribution >= 4 is 5.82 Å². The van der Waals surface area contributed by atoms with Gasteiger partial charge in [0.05, 0.1) is 11.3 Å². The molecule has 1 heterocycles. The van der Waals surface area contributed by atoms with Crippen molar-refractivity contribution < 1.29 is 13.2 Å². The predicted octanol–water partition coefficient (Wildman–Crippen LogP) is 2.44. The van der Waals surface area contributed by atoms with E-state index >= 15 is 0 Å². The number of aromatic nitrogens is 1. The second-order valence-electron chi connectivity index (χ2n) is 3.64. The van der Waals surface area contributed by atoms with E-state index in [9.17, 15) is 18.0 Å². The van der Waals surface area contributed by atoms with Gasteiger partial charge in [-0.1, -0.05) is 18.2 Å². The van der Waals surface area contributed by atoms with Crippen LogP contribution in [0.15, 0.2) is 47.3 Å². The summed E-state index contributed by atoms with van der Waals surface area (Å²) in [5.74, 6) is -0.610. The molecule has 94 valence electrons. The summed E-state index contributed by atoms with van der Waals surface area (Å²) in [6, 6.07) is 9.49. The molecule has 3 nitrogen and oxygen atoms in total. The topological polar surface area (TPSA) is 48.0 Å². The molecule has 2 aromatic rings. The van der Waals surface area contributed by atoms with Crippen LogP contribution in [0.1, 0.15) is 5.56 Å². The van der Waals surface area contributed by atoms with E-state index in [0.29, 0.717) is 11.8 Å². The predicted molar refractivity (Wildman–Crippen MR) is 61.5 cm³/mol. The van der Waals surface area contributed by atoms with Crippen molar-refractivity contribution in [3.8, 4) is 5.69 Å². The summed E-state index contributed by atoms with van der Waals surface area (Å²) in [6.45, 7) is 0. The lowest BCUT2D eigenvalue weighted by atomic mass is 10.2. The van der Waals surface area contributed by atoms with Gasteiger partial charge in [-0.2, -0.15) is 13.2 Å². The summed E-state index contributed by atoms with van der Waals surface area (Å²) in [7, 11) is 0. The van der Waals surface area contributed by atoms with Crippen molar-refractivity contribution in [3.63, 3.8) is 0 Å². The number of hydrogen-bond donors (Lipinski definition) is 1. The molecule has 0 aliphatic rings. The molecule has 0 radical (unpaired) electrons. The molecule has 18 heavy (non-hydrogen) atoms. The van der Waals surface area contributed by atoms with Gasteiger partial charge in [-0.15, -0.1) is 0 Å². The zero-order valence-corrected chi connectivity index (χ0v) is 9.11. The Kier molecular flexibility index (Phi) is 2.86. The average molecular weight is 254 g/mol. The fourth-order valence-electron chi connectivity index (χ4n) is 1.64. The van der Waals surface area contributed by atoms with Gasteiger partial charge in [0.25, 0.3) is 5.56 Å². The molecule has 0 bridgehead atoms. The minimum absolute atomic E-state index is 0.297. The van der Waals surface area contributed by atoms with Crippen molar-refractivity contribution in [3.05, 3.63) is 58.4 Å². The number of nitrogens with two attached hydrogens (primary N) is 1. The third kappa shape index (κ3) is 2.09. The first kappa shape index (κ1) is 12.2. The maximum atomic E-state index is 12.7. The van der Waals surface area contributed by atoms with Crippen molar-refractivity contribution in [2.75, 3.05) is 5.73 Å². The Balaban J connectivity index is 2.73. The SMILES string of the molecule is Nc1c(C(F)(F)F)ccc(=O)n1-c1ccccc1. The van der Waals surface area contributed by atoms with Gasteiger partial charge in [0.15, 0.2) is 0 Å². The van der Waals surface area contributed by atoms with E-state index in [4.69, 9.17) is 5.73 Å². The average Bonchev–Trinajstić information content (AvgIpc) is 2.28. The Morgan fingerprint density at radius 1 is 1.00 bits per heavy atom. The monoisotopic (exact) mass is 254 g/mol. The molecule has 6 heteroatoms. The first-order valence-electron chi connectivity index (χ1n) is 5.05. The van der Waals surface area contributed by atoms with E-state index in [1.165, 1.54) is 12.1 Å². The summed E-state index contributed by atoms with van der Waals surface area (Å²) in [6.07, 6.45) is -4.59. The van der Waals surface area contributed by atoms with Crippen molar-refractivity contribution in [2.45, 2.75) is 6.18 Å². The lowest BCUT2D eigenvalue weighted by molar-refractivity contribution is -0.137. The molecule has 0 aliphatic heterocycles. The van der Waals surface area contributed by atoms with Gasteiger partial charge in [-0.25, -0.2) is 0 Å². The number of nitrogens with zero attached hydrogens (tertiary/aromatic N) is 1. The number of hydrogen-bond acceptors (Lipinski definition) is 2. The summed E-state index contributed by atoms with van der Waals surface area (Å²) in [5, 5.41) is 0. The van der Waals surface area contributed by atoms with Crippen LogP contribution >= 0.6 is 0 Å². The van der Waals surface area contributed by atoms with E-state index in [0.717, 1.165) is 10.6 Å². The Labute approximate surface area is 100 Å². The number of nitrogen functional groups attached to an aromatic ring is 1. The number of pyridine rings is 1. The molecule has 0 fully saturated rings. The van der Waals surface area contributed by atoms with Crippen LogP contribution in [-0.2, 0) is 6.18 Å². The highest BCUT2D eigenvalue weighted by atomic mass is 19.4. The molecule has 1 aromatic carbocycles. The zero-order valence-electron chi connectivity index (χ0n) is 9.11. The minimum Gasteiger partial charge on any atom is -0.384 e. The van der Waals surface area contributed by atoms with E-state index in [1.807, 2.05) is 0 Å². The highest BCUT2D eigenvalue weighted by molar-refractivity contribution is 5.49. The second-order valence-corrected chi connectivity index (χ2v) is 3.64. The lowest BCUT2D eigenvalue weighted by Crippen LogP contribution is -2.24. The summed E-state index contributed by atoms with van der Waals surface area (Å²) < 4.78 is 38.9. The van der Waals surface area contributed by atoms with E-state index in [2.05, 4.69) is 0 Å². The van der Waals surface area contributed by atoms with Crippen LogP contribution < -0.4 is 11.3 Å². The van der Waals surface area contributed by atoms with Crippen LogP contribution in [0.2, 0.25) is 0 Å². The first-order chi connectivity index (χ1) is 8.41. The Bertz CT molecular complexity index is 617. The fraction of sp³-hybridized carbons (Fsp3) is 0.0833. The van der Waals surface area contributed by atoms with Crippen molar-refractivity contribution in [1.29, 1.82) is 0 Å². The molecule has 2 N–H and O–H groups in total. The number of halogens is 3. The van der Waals surface area contributed by atoms with E-state index in [1.54, 1.807) is 18.2 Å². The largest absolute Gasteiger partial charge is 0.419 e. The first-order valence-corrected chi connectivity index (χ1v) is 5.05. The standard InChI is InChI=1S/C12H9F3N2O/c13-12(14,15)9-6-7-10(18)17(11(9)16)8-4-2-1-3-5-8/h1-7H,16H2. The van der Waals surface area contributed by atoms with Gasteiger partial charge < -0.3 is 5.73 Å². The quantitative estimate of drug-likeness (QED) is 0.849. The number of anilines is 1. The van der Waals surface area contributed by atoms with Crippen LogP contribution in [0.3, 0.4) is 0 Å². The lowest BCUT2D eigenvalue weighted by Gasteiger charge is -2.15. The third-order valence-corrected chi connectivity index (χ3v) is 2.45. The maximum Gasteiger partial charge on any atom is 0.419 e. The maximum absolute atomic E-state index is 12.7. The molecule has 0 saturated carbocycles. The van der Waals surface area contributed by atoms with E-state index < -0.39 is 23.1 Å². The molecule has 0 atom stereocenters. The van der Waals surface area contributed by atoms with Gasteiger partial charge in [-0.05, 0) is 18.2 Å². The summed E-state index contributed by atoms with van der Waals surface area (Å²) in [4.78, 5) is 11.6. The zero-order chi connectivity index (χ0) is 13.3. The molecule has 0 aliphatic carbocycles. The number of alkyl halides is 3. The minimum atomic E-state index is -4.59. The Morgan fingerprint density at radius 3 is 2.17 bits per heavy atom.